The number of rotatable bonds is 2. The maximum Gasteiger partial charge on any atom is 0.449 e. The lowest BCUT2D eigenvalue weighted by atomic mass is 9.94. The highest BCUT2D eigenvalue weighted by molar-refractivity contribution is 5.99. The number of nitrogens with zero attached hydrogens (tertiary/aromatic N) is 4. The summed E-state index contributed by atoms with van der Waals surface area (Å²) in [6.07, 6.45) is -2.53. The number of para-hydroxylation sites is 2. The SMILES string of the molecule is CCN1CCN(C(=O)[C@@H]2CCn3c(cnc3C(F)(F)F)C2)c2ccccc21. The highest BCUT2D eigenvalue weighted by Crippen LogP contribution is 2.36. The number of halogens is 3. The lowest BCUT2D eigenvalue weighted by Gasteiger charge is -2.39. The molecule has 0 N–H and O–H groups in total. The Kier molecular flexibility index (Phi) is 4.36. The van der Waals surface area contributed by atoms with Gasteiger partial charge in [0.05, 0.1) is 11.4 Å². The fourth-order valence-corrected chi connectivity index (χ4v) is 4.10. The van der Waals surface area contributed by atoms with E-state index in [2.05, 4.69) is 16.8 Å². The van der Waals surface area contributed by atoms with Crippen molar-refractivity contribution in [2.45, 2.75) is 32.5 Å². The predicted octanol–water partition coefficient (Wildman–Crippen LogP) is 3.34. The molecule has 2 aliphatic heterocycles. The van der Waals surface area contributed by atoms with E-state index >= 15 is 0 Å². The van der Waals surface area contributed by atoms with Crippen LogP contribution in [0.1, 0.15) is 24.9 Å². The monoisotopic (exact) mass is 378 g/mol. The van der Waals surface area contributed by atoms with Gasteiger partial charge in [0, 0.05) is 50.4 Å². The zero-order valence-electron chi connectivity index (χ0n) is 15.0. The second-order valence-electron chi connectivity index (χ2n) is 6.97. The van der Waals surface area contributed by atoms with E-state index in [1.54, 1.807) is 4.90 Å². The fraction of sp³-hybridized carbons (Fsp3) is 0.474. The molecule has 0 spiro atoms. The van der Waals surface area contributed by atoms with Gasteiger partial charge < -0.3 is 14.4 Å². The minimum atomic E-state index is -4.47. The van der Waals surface area contributed by atoms with Crippen LogP contribution in [-0.4, -0.2) is 35.1 Å². The molecule has 1 amide bonds. The van der Waals surface area contributed by atoms with Crippen LogP contribution in [-0.2, 0) is 23.9 Å². The van der Waals surface area contributed by atoms with E-state index in [0.29, 0.717) is 18.7 Å². The van der Waals surface area contributed by atoms with Crippen LogP contribution >= 0.6 is 0 Å². The number of imidazole rings is 1. The first-order valence-electron chi connectivity index (χ1n) is 9.17. The number of amides is 1. The largest absolute Gasteiger partial charge is 0.449 e. The highest BCUT2D eigenvalue weighted by Gasteiger charge is 2.40. The van der Waals surface area contributed by atoms with Crippen molar-refractivity contribution >= 4 is 17.3 Å². The molecule has 4 rings (SSSR count). The number of likely N-dealkylation sites (N-methyl/N-ethyl adjacent to an activating group) is 1. The molecule has 0 saturated heterocycles. The van der Waals surface area contributed by atoms with E-state index in [4.69, 9.17) is 0 Å². The summed E-state index contributed by atoms with van der Waals surface area (Å²) in [6, 6.07) is 7.80. The number of fused-ring (bicyclic) bond motifs is 2. The Hall–Kier alpha value is -2.51. The summed E-state index contributed by atoms with van der Waals surface area (Å²) in [4.78, 5) is 20.7. The average Bonchev–Trinajstić information content (AvgIpc) is 3.10. The average molecular weight is 378 g/mol. The molecule has 0 fully saturated rings. The summed E-state index contributed by atoms with van der Waals surface area (Å²) in [5.74, 6) is -1.21. The van der Waals surface area contributed by atoms with Crippen LogP contribution in [0.25, 0.3) is 0 Å². The van der Waals surface area contributed by atoms with Crippen LogP contribution in [0.15, 0.2) is 30.5 Å². The first kappa shape index (κ1) is 17.9. The van der Waals surface area contributed by atoms with Crippen LogP contribution in [0.4, 0.5) is 24.5 Å². The molecule has 0 unspecified atom stereocenters. The van der Waals surface area contributed by atoms with E-state index < -0.39 is 12.0 Å². The molecule has 2 aromatic rings. The van der Waals surface area contributed by atoms with Crippen LogP contribution in [0.5, 0.6) is 0 Å². The third kappa shape index (κ3) is 3.07. The lowest BCUT2D eigenvalue weighted by Crippen LogP contribution is -2.47. The maximum absolute atomic E-state index is 13.2. The Morgan fingerprint density at radius 3 is 2.63 bits per heavy atom. The van der Waals surface area contributed by atoms with Crippen molar-refractivity contribution in [2.75, 3.05) is 29.4 Å². The summed E-state index contributed by atoms with van der Waals surface area (Å²) >= 11 is 0. The van der Waals surface area contributed by atoms with Gasteiger partial charge in [0.25, 0.3) is 0 Å². The van der Waals surface area contributed by atoms with E-state index in [1.165, 1.54) is 10.8 Å². The molecule has 144 valence electrons. The van der Waals surface area contributed by atoms with Crippen LogP contribution in [0, 0.1) is 5.92 Å². The summed E-state index contributed by atoms with van der Waals surface area (Å²) in [5, 5.41) is 0. The smallest absolute Gasteiger partial charge is 0.368 e. The van der Waals surface area contributed by atoms with E-state index in [-0.39, 0.29) is 24.8 Å². The maximum atomic E-state index is 13.2. The summed E-state index contributed by atoms with van der Waals surface area (Å²) in [6.45, 7) is 4.45. The summed E-state index contributed by atoms with van der Waals surface area (Å²) < 4.78 is 40.3. The number of anilines is 2. The first-order chi connectivity index (χ1) is 12.9. The van der Waals surface area contributed by atoms with Crippen molar-refractivity contribution in [3.8, 4) is 0 Å². The molecule has 5 nitrogen and oxygen atoms in total. The quantitative estimate of drug-likeness (QED) is 0.805. The molecule has 8 heteroatoms. The number of aromatic nitrogens is 2. The fourth-order valence-electron chi connectivity index (χ4n) is 4.10. The van der Waals surface area contributed by atoms with Crippen molar-refractivity contribution in [2.24, 2.45) is 5.92 Å². The number of benzene rings is 1. The molecule has 1 atom stereocenters. The molecule has 3 heterocycles. The van der Waals surface area contributed by atoms with Gasteiger partial charge in [0.1, 0.15) is 0 Å². The van der Waals surface area contributed by atoms with Crippen LogP contribution in [0.2, 0.25) is 0 Å². The molecule has 0 saturated carbocycles. The Balaban J connectivity index is 1.57. The van der Waals surface area contributed by atoms with Crippen molar-refractivity contribution in [3.63, 3.8) is 0 Å². The second kappa shape index (κ2) is 6.58. The van der Waals surface area contributed by atoms with Crippen molar-refractivity contribution in [1.29, 1.82) is 0 Å². The molecule has 1 aromatic carbocycles. The number of hydrogen-bond donors (Lipinski definition) is 0. The van der Waals surface area contributed by atoms with Gasteiger partial charge in [-0.15, -0.1) is 0 Å². The summed E-state index contributed by atoms with van der Waals surface area (Å²) in [7, 11) is 0. The zero-order chi connectivity index (χ0) is 19.2. The van der Waals surface area contributed by atoms with Crippen molar-refractivity contribution < 1.29 is 18.0 Å². The van der Waals surface area contributed by atoms with Gasteiger partial charge in [-0.1, -0.05) is 12.1 Å². The van der Waals surface area contributed by atoms with Gasteiger partial charge in [-0.3, -0.25) is 4.79 Å². The highest BCUT2D eigenvalue weighted by atomic mass is 19.4. The normalized spacial score (nSPS) is 19.6. The Morgan fingerprint density at radius 1 is 1.19 bits per heavy atom. The number of alkyl halides is 3. The molecule has 0 radical (unpaired) electrons. The van der Waals surface area contributed by atoms with Gasteiger partial charge in [0.15, 0.2) is 0 Å². The minimum absolute atomic E-state index is 0.0146. The molecule has 0 aliphatic carbocycles. The minimum Gasteiger partial charge on any atom is -0.368 e. The molecular weight excluding hydrogens is 357 g/mol. The Labute approximate surface area is 155 Å². The molecule has 2 aliphatic rings. The van der Waals surface area contributed by atoms with E-state index in [0.717, 1.165) is 24.5 Å². The van der Waals surface area contributed by atoms with Crippen LogP contribution < -0.4 is 9.80 Å². The zero-order valence-corrected chi connectivity index (χ0v) is 15.0. The standard InChI is InChI=1S/C19H21F3N4O/c1-2-24-9-10-26(16-6-4-3-5-15(16)24)17(27)13-7-8-25-14(11-13)12-23-18(25)19(20,21)22/h3-6,12-13H,2,7-11H2,1H3/t13-/m1/s1. The van der Waals surface area contributed by atoms with Gasteiger partial charge in [-0.2, -0.15) is 13.2 Å². The Morgan fingerprint density at radius 2 is 1.93 bits per heavy atom. The second-order valence-corrected chi connectivity index (χ2v) is 6.97. The Bertz CT molecular complexity index is 861. The van der Waals surface area contributed by atoms with E-state index in [1.807, 2.05) is 24.3 Å². The van der Waals surface area contributed by atoms with Gasteiger partial charge >= 0.3 is 6.18 Å². The third-order valence-electron chi connectivity index (χ3n) is 5.45. The number of hydrogen-bond acceptors (Lipinski definition) is 3. The first-order valence-corrected chi connectivity index (χ1v) is 9.17. The van der Waals surface area contributed by atoms with Gasteiger partial charge in [-0.05, 0) is 25.5 Å². The molecule has 1 aromatic heterocycles. The molecule has 27 heavy (non-hydrogen) atoms. The van der Waals surface area contributed by atoms with Crippen LogP contribution in [0.3, 0.4) is 0 Å². The summed E-state index contributed by atoms with van der Waals surface area (Å²) in [5.41, 5.74) is 2.39. The van der Waals surface area contributed by atoms with Gasteiger partial charge in [-0.25, -0.2) is 4.98 Å². The number of carbonyl (C=O) groups is 1. The van der Waals surface area contributed by atoms with Crippen molar-refractivity contribution in [1.82, 2.24) is 9.55 Å². The molecular formula is C19H21F3N4O. The van der Waals surface area contributed by atoms with Crippen molar-refractivity contribution in [3.05, 3.63) is 42.0 Å². The molecule has 0 bridgehead atoms. The third-order valence-corrected chi connectivity index (χ3v) is 5.45. The van der Waals surface area contributed by atoms with Gasteiger partial charge in [0.2, 0.25) is 11.7 Å². The lowest BCUT2D eigenvalue weighted by molar-refractivity contribution is -0.147. The topological polar surface area (TPSA) is 41.4 Å². The number of carbonyl (C=O) groups excluding carboxylic acids is 1. The predicted molar refractivity (Wildman–Crippen MR) is 95.7 cm³/mol. The van der Waals surface area contributed by atoms with E-state index in [9.17, 15) is 18.0 Å².